The molecule has 0 saturated heterocycles. The van der Waals surface area contributed by atoms with Gasteiger partial charge in [-0.25, -0.2) is 13.8 Å². The van der Waals surface area contributed by atoms with E-state index in [-0.39, 0.29) is 23.2 Å². The van der Waals surface area contributed by atoms with Crippen molar-refractivity contribution in [2.75, 3.05) is 5.73 Å². The van der Waals surface area contributed by atoms with Crippen molar-refractivity contribution in [1.82, 2.24) is 8.96 Å². The van der Waals surface area contributed by atoms with Crippen LogP contribution in [0.25, 0.3) is 11.0 Å². The number of hydrogen-bond acceptors (Lipinski definition) is 4. The van der Waals surface area contributed by atoms with Gasteiger partial charge in [0, 0.05) is 41.5 Å². The normalized spacial score (nSPS) is 11.8. The average Bonchev–Trinajstić information content (AvgIpc) is 3.09. The van der Waals surface area contributed by atoms with E-state index in [9.17, 15) is 22.0 Å². The number of hydrogen-bond donors (Lipinski definition) is 1. The van der Waals surface area contributed by atoms with Gasteiger partial charge in [0.2, 0.25) is 0 Å². The molecule has 10 heteroatoms. The van der Waals surface area contributed by atoms with Crippen LogP contribution in [0.1, 0.15) is 17.5 Å². The van der Waals surface area contributed by atoms with Gasteiger partial charge in [0.25, 0.3) is 0 Å². The van der Waals surface area contributed by atoms with Crippen LogP contribution in [-0.2, 0) is 6.42 Å². The molecule has 0 atom stereocenters. The number of nitrogens with zero attached hydrogens (tertiary/aromatic N) is 2. The molecule has 0 aliphatic carbocycles. The van der Waals surface area contributed by atoms with Crippen LogP contribution in [0, 0.1) is 18.6 Å². The first-order valence-electron chi connectivity index (χ1n) is 9.84. The lowest BCUT2D eigenvalue weighted by molar-refractivity contribution is -0.133. The smallest absolute Gasteiger partial charge is 0.389 e. The van der Waals surface area contributed by atoms with Gasteiger partial charge in [-0.2, -0.15) is 13.2 Å². The van der Waals surface area contributed by atoms with Crippen molar-refractivity contribution in [2.45, 2.75) is 30.8 Å². The first-order chi connectivity index (χ1) is 15.6. The molecule has 2 heterocycles. The van der Waals surface area contributed by atoms with Crippen molar-refractivity contribution in [3.05, 3.63) is 77.6 Å². The standard InChI is InChI=1S/C23H18F5N3OS/c1-13-2-4-16(5-3-13)33-31-12-14(6-8-23(26,27)28)20-19(7-9-30-22(20)31)32-21-17(24)10-15(29)11-18(21)25/h2-5,7,9-12H,6,8,29H2,1H3. The van der Waals surface area contributed by atoms with E-state index in [1.807, 2.05) is 31.2 Å². The number of nitrogen functional groups attached to an aromatic ring is 1. The van der Waals surface area contributed by atoms with Crippen LogP contribution in [0.3, 0.4) is 0 Å². The molecule has 0 fully saturated rings. The SMILES string of the molecule is Cc1ccc(Sn2cc(CCC(F)(F)F)c3c(Oc4c(F)cc(N)cc4F)ccnc32)cc1. The zero-order chi connectivity index (χ0) is 23.8. The number of halogens is 5. The van der Waals surface area contributed by atoms with Crippen LogP contribution in [0.4, 0.5) is 27.6 Å². The molecule has 2 aromatic heterocycles. The van der Waals surface area contributed by atoms with Gasteiger partial charge < -0.3 is 10.5 Å². The molecule has 0 amide bonds. The summed E-state index contributed by atoms with van der Waals surface area (Å²) < 4.78 is 74.6. The highest BCUT2D eigenvalue weighted by Crippen LogP contribution is 2.39. The topological polar surface area (TPSA) is 53.1 Å². The molecule has 0 unspecified atom stereocenters. The summed E-state index contributed by atoms with van der Waals surface area (Å²) in [5.41, 5.74) is 6.99. The molecule has 0 bridgehead atoms. The molecule has 0 aliphatic rings. The monoisotopic (exact) mass is 479 g/mol. The second kappa shape index (κ2) is 8.93. The maximum Gasteiger partial charge on any atom is 0.389 e. The third-order valence-electron chi connectivity index (χ3n) is 4.83. The number of ether oxygens (including phenoxy) is 1. The van der Waals surface area contributed by atoms with Crippen LogP contribution < -0.4 is 10.5 Å². The van der Waals surface area contributed by atoms with Gasteiger partial charge in [0.15, 0.2) is 23.0 Å². The summed E-state index contributed by atoms with van der Waals surface area (Å²) in [7, 11) is 0. The number of nitrogens with two attached hydrogens (primary N) is 1. The molecule has 172 valence electrons. The number of aryl methyl sites for hydroxylation is 2. The van der Waals surface area contributed by atoms with Crippen LogP contribution in [0.15, 0.2) is 59.8 Å². The highest BCUT2D eigenvalue weighted by atomic mass is 32.2. The van der Waals surface area contributed by atoms with Gasteiger partial charge in [0.05, 0.1) is 5.39 Å². The molecular formula is C23H18F5N3OS. The summed E-state index contributed by atoms with van der Waals surface area (Å²) in [4.78, 5) is 5.13. The van der Waals surface area contributed by atoms with Crippen molar-refractivity contribution >= 4 is 28.7 Å². The number of rotatable bonds is 6. The molecule has 2 N–H and O–H groups in total. The summed E-state index contributed by atoms with van der Waals surface area (Å²) >= 11 is 1.26. The average molecular weight is 479 g/mol. The molecule has 0 aliphatic heterocycles. The highest BCUT2D eigenvalue weighted by Gasteiger charge is 2.28. The summed E-state index contributed by atoms with van der Waals surface area (Å²) in [5, 5.41) is 0.247. The minimum Gasteiger partial charge on any atom is -0.450 e. The Morgan fingerprint density at radius 3 is 2.36 bits per heavy atom. The molecule has 0 spiro atoms. The zero-order valence-corrected chi connectivity index (χ0v) is 18.1. The van der Waals surface area contributed by atoms with E-state index >= 15 is 0 Å². The summed E-state index contributed by atoms with van der Waals surface area (Å²) in [6, 6.07) is 10.7. The molecule has 33 heavy (non-hydrogen) atoms. The van der Waals surface area contributed by atoms with Gasteiger partial charge in [-0.05, 0) is 49.1 Å². The van der Waals surface area contributed by atoms with Crippen molar-refractivity contribution in [1.29, 1.82) is 0 Å². The van der Waals surface area contributed by atoms with Crippen LogP contribution in [-0.4, -0.2) is 15.1 Å². The van der Waals surface area contributed by atoms with E-state index in [2.05, 4.69) is 4.98 Å². The maximum atomic E-state index is 14.3. The molecule has 2 aromatic carbocycles. The van der Waals surface area contributed by atoms with Gasteiger partial charge in [-0.15, -0.1) is 0 Å². The Balaban J connectivity index is 1.80. The van der Waals surface area contributed by atoms with E-state index in [4.69, 9.17) is 10.5 Å². The summed E-state index contributed by atoms with van der Waals surface area (Å²) in [6.07, 6.45) is -2.89. The predicted molar refractivity (Wildman–Crippen MR) is 117 cm³/mol. The van der Waals surface area contributed by atoms with Crippen molar-refractivity contribution < 1.29 is 26.7 Å². The minimum absolute atomic E-state index is 0.0111. The Kier molecular flexibility index (Phi) is 6.20. The van der Waals surface area contributed by atoms with E-state index < -0.39 is 30.0 Å². The Morgan fingerprint density at radius 1 is 1.06 bits per heavy atom. The van der Waals surface area contributed by atoms with Crippen LogP contribution >= 0.6 is 11.9 Å². The largest absolute Gasteiger partial charge is 0.450 e. The molecule has 4 nitrogen and oxygen atoms in total. The van der Waals surface area contributed by atoms with E-state index in [0.717, 1.165) is 22.6 Å². The number of aromatic nitrogens is 2. The van der Waals surface area contributed by atoms with Gasteiger partial charge in [0.1, 0.15) is 5.75 Å². The maximum absolute atomic E-state index is 14.3. The van der Waals surface area contributed by atoms with Gasteiger partial charge in [-0.1, -0.05) is 17.7 Å². The first kappa shape index (κ1) is 22.9. The summed E-state index contributed by atoms with van der Waals surface area (Å²) in [6.45, 7) is 1.94. The Morgan fingerprint density at radius 2 is 1.73 bits per heavy atom. The van der Waals surface area contributed by atoms with Crippen LogP contribution in [0.5, 0.6) is 11.5 Å². The van der Waals surface area contributed by atoms with Crippen molar-refractivity contribution in [3.8, 4) is 11.5 Å². The van der Waals surface area contributed by atoms with Crippen LogP contribution in [0.2, 0.25) is 0 Å². The fourth-order valence-electron chi connectivity index (χ4n) is 3.29. The number of fused-ring (bicyclic) bond motifs is 1. The Bertz CT molecular complexity index is 1280. The van der Waals surface area contributed by atoms with Gasteiger partial charge in [-0.3, -0.25) is 3.97 Å². The number of pyridine rings is 1. The fourth-order valence-corrected chi connectivity index (χ4v) is 4.18. The zero-order valence-electron chi connectivity index (χ0n) is 17.3. The van der Waals surface area contributed by atoms with E-state index in [1.165, 1.54) is 30.4 Å². The van der Waals surface area contributed by atoms with Gasteiger partial charge >= 0.3 is 6.18 Å². The number of benzene rings is 2. The molecule has 0 saturated carbocycles. The first-order valence-corrected chi connectivity index (χ1v) is 10.6. The Hall–Kier alpha value is -3.27. The van der Waals surface area contributed by atoms with Crippen molar-refractivity contribution in [2.24, 2.45) is 0 Å². The second-order valence-corrected chi connectivity index (χ2v) is 8.47. The molecule has 0 radical (unpaired) electrons. The third kappa shape index (κ3) is 5.22. The fraction of sp³-hybridized carbons (Fsp3) is 0.174. The Labute approximate surface area is 190 Å². The second-order valence-electron chi connectivity index (χ2n) is 7.42. The molecular weight excluding hydrogens is 461 g/mol. The lowest BCUT2D eigenvalue weighted by atomic mass is 10.1. The van der Waals surface area contributed by atoms with E-state index in [0.29, 0.717) is 11.2 Å². The third-order valence-corrected chi connectivity index (χ3v) is 5.79. The lowest BCUT2D eigenvalue weighted by Gasteiger charge is -2.11. The highest BCUT2D eigenvalue weighted by molar-refractivity contribution is 7.98. The summed E-state index contributed by atoms with van der Waals surface area (Å²) in [5.74, 6) is -2.76. The quantitative estimate of drug-likeness (QED) is 0.238. The lowest BCUT2D eigenvalue weighted by Crippen LogP contribution is -2.08. The number of anilines is 1. The van der Waals surface area contributed by atoms with Crippen molar-refractivity contribution in [3.63, 3.8) is 0 Å². The molecule has 4 rings (SSSR count). The predicted octanol–water partition coefficient (Wildman–Crippen LogP) is 7.05. The number of alkyl halides is 3. The molecule has 4 aromatic rings. The minimum atomic E-state index is -4.38. The van der Waals surface area contributed by atoms with E-state index in [1.54, 1.807) is 3.97 Å².